The summed E-state index contributed by atoms with van der Waals surface area (Å²) < 4.78 is 0. The zero-order chi connectivity index (χ0) is 13.0. The molecule has 2 aromatic carbocycles. The Labute approximate surface area is 109 Å². The van der Waals surface area contributed by atoms with Gasteiger partial charge in [-0.25, -0.2) is 0 Å². The van der Waals surface area contributed by atoms with Crippen molar-refractivity contribution in [3.8, 4) is 0 Å². The Kier molecular flexibility index (Phi) is 4.00. The molecule has 0 bridgehead atoms. The monoisotopic (exact) mass is 240 g/mol. The average Bonchev–Trinajstić information content (AvgIpc) is 2.39. The molecule has 18 heavy (non-hydrogen) atoms. The van der Waals surface area contributed by atoms with Crippen molar-refractivity contribution in [2.45, 2.75) is 20.0 Å². The molecule has 2 nitrogen and oxygen atoms in total. The lowest BCUT2D eigenvalue weighted by Crippen LogP contribution is -2.19. The van der Waals surface area contributed by atoms with Gasteiger partial charge in [-0.2, -0.15) is 0 Å². The maximum absolute atomic E-state index is 5.82. The number of hydrogen-bond acceptors (Lipinski definition) is 2. The van der Waals surface area contributed by atoms with Gasteiger partial charge in [-0.1, -0.05) is 48.0 Å². The molecule has 0 spiro atoms. The van der Waals surface area contributed by atoms with Crippen molar-refractivity contribution in [1.82, 2.24) is 0 Å². The number of rotatable bonds is 4. The van der Waals surface area contributed by atoms with E-state index in [-0.39, 0.29) is 0 Å². The van der Waals surface area contributed by atoms with E-state index in [9.17, 15) is 0 Å². The van der Waals surface area contributed by atoms with Crippen molar-refractivity contribution >= 4 is 5.69 Å². The summed E-state index contributed by atoms with van der Waals surface area (Å²) in [6.45, 7) is 3.58. The van der Waals surface area contributed by atoms with Crippen LogP contribution in [0.5, 0.6) is 0 Å². The fraction of sp³-hybridized carbons (Fsp3) is 0.250. The molecule has 2 rings (SSSR count). The zero-order valence-electron chi connectivity index (χ0n) is 11.1. The van der Waals surface area contributed by atoms with E-state index in [0.717, 1.165) is 6.54 Å². The molecule has 0 heterocycles. The van der Waals surface area contributed by atoms with E-state index in [1.807, 2.05) is 6.07 Å². The first-order valence-corrected chi connectivity index (χ1v) is 6.25. The average molecular weight is 240 g/mol. The van der Waals surface area contributed by atoms with Gasteiger partial charge in [0.25, 0.3) is 0 Å². The second-order valence-corrected chi connectivity index (χ2v) is 4.68. The molecule has 0 aliphatic heterocycles. The molecular weight excluding hydrogens is 220 g/mol. The molecule has 0 fully saturated rings. The molecule has 0 radical (unpaired) electrons. The normalized spacial score (nSPS) is 10.4. The van der Waals surface area contributed by atoms with Gasteiger partial charge in [0, 0.05) is 25.8 Å². The molecule has 0 aliphatic carbocycles. The molecule has 94 valence electrons. The highest BCUT2D eigenvalue weighted by molar-refractivity contribution is 5.54. The van der Waals surface area contributed by atoms with Crippen LogP contribution >= 0.6 is 0 Å². The molecule has 0 aliphatic rings. The van der Waals surface area contributed by atoms with Gasteiger partial charge in [0.2, 0.25) is 0 Å². The van der Waals surface area contributed by atoms with E-state index in [1.165, 1.54) is 22.4 Å². The van der Waals surface area contributed by atoms with Crippen LogP contribution in [-0.4, -0.2) is 7.05 Å². The zero-order valence-corrected chi connectivity index (χ0v) is 11.1. The van der Waals surface area contributed by atoms with Crippen LogP contribution in [0.25, 0.3) is 0 Å². The summed E-state index contributed by atoms with van der Waals surface area (Å²) in [7, 11) is 2.11. The minimum Gasteiger partial charge on any atom is -0.370 e. The summed E-state index contributed by atoms with van der Waals surface area (Å²) in [5.41, 5.74) is 10.8. The van der Waals surface area contributed by atoms with Crippen molar-refractivity contribution in [2.75, 3.05) is 11.9 Å². The van der Waals surface area contributed by atoms with E-state index in [0.29, 0.717) is 6.54 Å². The Hall–Kier alpha value is -1.80. The lowest BCUT2D eigenvalue weighted by Gasteiger charge is -2.22. The third kappa shape index (κ3) is 2.90. The fourth-order valence-electron chi connectivity index (χ4n) is 2.19. The Bertz CT molecular complexity index is 506. The largest absolute Gasteiger partial charge is 0.370 e. The van der Waals surface area contributed by atoms with E-state index in [1.54, 1.807) is 0 Å². The molecule has 0 saturated heterocycles. The van der Waals surface area contributed by atoms with Crippen molar-refractivity contribution in [1.29, 1.82) is 0 Å². The molecule has 2 aromatic rings. The summed E-state index contributed by atoms with van der Waals surface area (Å²) in [5.74, 6) is 0. The Morgan fingerprint density at radius 3 is 2.44 bits per heavy atom. The molecule has 2 N–H and O–H groups in total. The number of hydrogen-bond donors (Lipinski definition) is 1. The predicted molar refractivity (Wildman–Crippen MR) is 77.6 cm³/mol. The van der Waals surface area contributed by atoms with Gasteiger partial charge in [-0.3, -0.25) is 0 Å². The number of nitrogens with zero attached hydrogens (tertiary/aromatic N) is 1. The van der Waals surface area contributed by atoms with Gasteiger partial charge in [0.1, 0.15) is 0 Å². The third-order valence-electron chi connectivity index (χ3n) is 3.13. The first kappa shape index (κ1) is 12.7. The van der Waals surface area contributed by atoms with E-state index in [4.69, 9.17) is 5.73 Å². The summed E-state index contributed by atoms with van der Waals surface area (Å²) in [6.07, 6.45) is 0. The minimum absolute atomic E-state index is 0.580. The number of nitrogens with two attached hydrogens (primary N) is 1. The van der Waals surface area contributed by atoms with E-state index in [2.05, 4.69) is 61.3 Å². The van der Waals surface area contributed by atoms with Crippen molar-refractivity contribution in [3.63, 3.8) is 0 Å². The Balaban J connectivity index is 2.21. The molecule has 0 aromatic heterocycles. The first-order chi connectivity index (χ1) is 8.70. The summed E-state index contributed by atoms with van der Waals surface area (Å²) in [4.78, 5) is 2.25. The van der Waals surface area contributed by atoms with Crippen LogP contribution in [-0.2, 0) is 13.1 Å². The highest BCUT2D eigenvalue weighted by atomic mass is 15.1. The Morgan fingerprint density at radius 1 is 1.06 bits per heavy atom. The minimum atomic E-state index is 0.580. The van der Waals surface area contributed by atoms with Crippen LogP contribution in [0.3, 0.4) is 0 Å². The second kappa shape index (κ2) is 5.69. The highest BCUT2D eigenvalue weighted by Gasteiger charge is 2.07. The lowest BCUT2D eigenvalue weighted by atomic mass is 10.1. The van der Waals surface area contributed by atoms with Crippen LogP contribution < -0.4 is 10.6 Å². The molecule has 0 saturated carbocycles. The van der Waals surface area contributed by atoms with Crippen LogP contribution in [0.15, 0.2) is 48.5 Å². The SMILES string of the molecule is Cc1ccc(N(C)Cc2ccccc2)c(CN)c1. The molecular formula is C16H20N2. The maximum Gasteiger partial charge on any atom is 0.0426 e. The van der Waals surface area contributed by atoms with Gasteiger partial charge >= 0.3 is 0 Å². The predicted octanol–water partition coefficient (Wildman–Crippen LogP) is 3.09. The second-order valence-electron chi connectivity index (χ2n) is 4.68. The van der Waals surface area contributed by atoms with Crippen LogP contribution in [0.4, 0.5) is 5.69 Å². The van der Waals surface area contributed by atoms with Gasteiger partial charge < -0.3 is 10.6 Å². The highest BCUT2D eigenvalue weighted by Crippen LogP contribution is 2.22. The topological polar surface area (TPSA) is 29.3 Å². The van der Waals surface area contributed by atoms with Gasteiger partial charge in [-0.15, -0.1) is 0 Å². The van der Waals surface area contributed by atoms with Crippen LogP contribution in [0, 0.1) is 6.92 Å². The summed E-state index contributed by atoms with van der Waals surface area (Å²) >= 11 is 0. The quantitative estimate of drug-likeness (QED) is 0.889. The standard InChI is InChI=1S/C16H20N2/c1-13-8-9-16(15(10-13)11-17)18(2)12-14-6-4-3-5-7-14/h3-10H,11-12,17H2,1-2H3. The third-order valence-corrected chi connectivity index (χ3v) is 3.13. The van der Waals surface area contributed by atoms with Crippen LogP contribution in [0.2, 0.25) is 0 Å². The number of aryl methyl sites for hydroxylation is 1. The Morgan fingerprint density at radius 2 is 1.78 bits per heavy atom. The molecule has 0 unspecified atom stereocenters. The van der Waals surface area contributed by atoms with E-state index >= 15 is 0 Å². The van der Waals surface area contributed by atoms with Crippen molar-refractivity contribution < 1.29 is 0 Å². The lowest BCUT2D eigenvalue weighted by molar-refractivity contribution is 0.903. The first-order valence-electron chi connectivity index (χ1n) is 6.25. The smallest absolute Gasteiger partial charge is 0.0426 e. The molecule has 2 heteroatoms. The number of anilines is 1. The van der Waals surface area contributed by atoms with E-state index < -0.39 is 0 Å². The van der Waals surface area contributed by atoms with Crippen molar-refractivity contribution in [2.24, 2.45) is 5.73 Å². The van der Waals surface area contributed by atoms with Gasteiger partial charge in [0.15, 0.2) is 0 Å². The summed E-state index contributed by atoms with van der Waals surface area (Å²) in [6, 6.07) is 16.9. The molecule has 0 atom stereocenters. The van der Waals surface area contributed by atoms with Gasteiger partial charge in [0.05, 0.1) is 0 Å². The van der Waals surface area contributed by atoms with Crippen LogP contribution in [0.1, 0.15) is 16.7 Å². The fourth-order valence-corrected chi connectivity index (χ4v) is 2.19. The molecule has 0 amide bonds. The van der Waals surface area contributed by atoms with Crippen molar-refractivity contribution in [3.05, 3.63) is 65.2 Å². The summed E-state index contributed by atoms with van der Waals surface area (Å²) in [5, 5.41) is 0. The number of benzene rings is 2. The maximum atomic E-state index is 5.82. The van der Waals surface area contributed by atoms with Gasteiger partial charge in [-0.05, 0) is 24.1 Å².